The average Bonchev–Trinajstić information content (AvgIpc) is 3.08. The number of amides is 5. The third kappa shape index (κ3) is 4.42. The van der Waals surface area contributed by atoms with Crippen molar-refractivity contribution in [2.45, 2.75) is 44.9 Å². The number of piperidine rings is 1. The fourth-order valence-corrected chi connectivity index (χ4v) is 3.97. The summed E-state index contributed by atoms with van der Waals surface area (Å²) in [6.07, 6.45) is 0.556. The molecule has 2 heterocycles. The van der Waals surface area contributed by atoms with E-state index in [1.54, 1.807) is 6.07 Å². The largest absolute Gasteiger partial charge is 0.334 e. The molecule has 2 unspecified atom stereocenters. The quantitative estimate of drug-likeness (QED) is 0.643. The highest BCUT2D eigenvalue weighted by Crippen LogP contribution is 2.28. The Balaban J connectivity index is 1.36. The van der Waals surface area contributed by atoms with E-state index in [2.05, 4.69) is 16.0 Å². The first-order chi connectivity index (χ1) is 14.9. The molecular weight excluding hydrogens is 396 g/mol. The van der Waals surface area contributed by atoms with Crippen LogP contribution < -0.4 is 16.0 Å². The van der Waals surface area contributed by atoms with E-state index in [1.807, 2.05) is 49.4 Å². The number of carbonyl (C=O) groups is 4. The Hall–Kier alpha value is -3.68. The lowest BCUT2D eigenvalue weighted by molar-refractivity contribution is -0.136. The topological polar surface area (TPSA) is 108 Å². The van der Waals surface area contributed by atoms with Gasteiger partial charge in [0, 0.05) is 25.1 Å². The maximum Gasteiger partial charge on any atom is 0.315 e. The van der Waals surface area contributed by atoms with Crippen molar-refractivity contribution in [3.63, 3.8) is 0 Å². The lowest BCUT2D eigenvalue weighted by atomic mass is 10.0. The van der Waals surface area contributed by atoms with E-state index in [0.29, 0.717) is 18.5 Å². The van der Waals surface area contributed by atoms with Crippen LogP contribution in [0.2, 0.25) is 0 Å². The van der Waals surface area contributed by atoms with Crippen LogP contribution in [0.3, 0.4) is 0 Å². The summed E-state index contributed by atoms with van der Waals surface area (Å²) in [5.41, 5.74) is 3.16. The molecule has 2 aromatic carbocycles. The Kier molecular flexibility index (Phi) is 5.70. The second kappa shape index (κ2) is 8.59. The Morgan fingerprint density at radius 1 is 1.16 bits per heavy atom. The summed E-state index contributed by atoms with van der Waals surface area (Å²) in [6, 6.07) is 14.1. The average molecular weight is 420 g/mol. The minimum absolute atomic E-state index is 0.134. The van der Waals surface area contributed by atoms with E-state index in [0.717, 1.165) is 16.7 Å². The van der Waals surface area contributed by atoms with E-state index >= 15 is 0 Å². The van der Waals surface area contributed by atoms with Crippen LogP contribution in [0, 0.1) is 0 Å². The van der Waals surface area contributed by atoms with Crippen molar-refractivity contribution >= 4 is 23.8 Å². The summed E-state index contributed by atoms with van der Waals surface area (Å²) in [7, 11) is 0. The predicted molar refractivity (Wildman–Crippen MR) is 113 cm³/mol. The van der Waals surface area contributed by atoms with Gasteiger partial charge in [-0.25, -0.2) is 4.79 Å². The van der Waals surface area contributed by atoms with Crippen molar-refractivity contribution in [3.8, 4) is 0 Å². The van der Waals surface area contributed by atoms with Gasteiger partial charge in [0.25, 0.3) is 5.91 Å². The molecule has 1 saturated heterocycles. The van der Waals surface area contributed by atoms with Gasteiger partial charge in [-0.1, -0.05) is 42.5 Å². The van der Waals surface area contributed by atoms with Crippen LogP contribution in [0.5, 0.6) is 0 Å². The van der Waals surface area contributed by atoms with Crippen LogP contribution in [0.25, 0.3) is 0 Å². The summed E-state index contributed by atoms with van der Waals surface area (Å²) < 4.78 is 0. The van der Waals surface area contributed by atoms with E-state index in [1.165, 1.54) is 4.90 Å². The molecule has 3 N–H and O–H groups in total. The van der Waals surface area contributed by atoms with Crippen LogP contribution in [0.1, 0.15) is 52.9 Å². The van der Waals surface area contributed by atoms with E-state index in [-0.39, 0.29) is 36.9 Å². The summed E-state index contributed by atoms with van der Waals surface area (Å²) in [6.45, 7) is 2.52. The normalized spacial score (nSPS) is 18.9. The molecule has 0 saturated carbocycles. The third-order valence-corrected chi connectivity index (χ3v) is 5.69. The van der Waals surface area contributed by atoms with Crippen molar-refractivity contribution in [2.75, 3.05) is 0 Å². The minimum Gasteiger partial charge on any atom is -0.334 e. The zero-order valence-electron chi connectivity index (χ0n) is 17.2. The second-order valence-electron chi connectivity index (χ2n) is 7.85. The van der Waals surface area contributed by atoms with Gasteiger partial charge < -0.3 is 15.5 Å². The zero-order valence-corrected chi connectivity index (χ0v) is 17.2. The SMILES string of the molecule is CC(NC(=O)NCc1ccc2c(c1)C(=O)N(C1CCC(=O)NC1=O)C2)c1ccccc1. The van der Waals surface area contributed by atoms with Crippen LogP contribution in [-0.2, 0) is 22.7 Å². The number of nitrogens with one attached hydrogen (secondary N) is 3. The highest BCUT2D eigenvalue weighted by Gasteiger charge is 2.39. The molecule has 5 amide bonds. The third-order valence-electron chi connectivity index (χ3n) is 5.69. The molecule has 4 rings (SSSR count). The molecule has 0 spiro atoms. The second-order valence-corrected chi connectivity index (χ2v) is 7.85. The van der Waals surface area contributed by atoms with E-state index < -0.39 is 11.9 Å². The van der Waals surface area contributed by atoms with Crippen LogP contribution in [0.4, 0.5) is 4.79 Å². The van der Waals surface area contributed by atoms with Gasteiger partial charge in [-0.15, -0.1) is 0 Å². The van der Waals surface area contributed by atoms with Crippen molar-refractivity contribution in [2.24, 2.45) is 0 Å². The molecule has 2 atom stereocenters. The lowest BCUT2D eigenvalue weighted by Gasteiger charge is -2.29. The maximum atomic E-state index is 12.9. The van der Waals surface area contributed by atoms with Crippen molar-refractivity contribution in [3.05, 3.63) is 70.8 Å². The molecule has 2 aliphatic rings. The number of benzene rings is 2. The molecule has 8 heteroatoms. The Labute approximate surface area is 180 Å². The first kappa shape index (κ1) is 20.6. The summed E-state index contributed by atoms with van der Waals surface area (Å²) in [5, 5.41) is 8.00. The smallest absolute Gasteiger partial charge is 0.315 e. The number of carbonyl (C=O) groups excluding carboxylic acids is 4. The molecule has 2 aromatic rings. The number of rotatable bonds is 5. The Bertz CT molecular complexity index is 1040. The minimum atomic E-state index is -0.635. The number of fused-ring (bicyclic) bond motifs is 1. The molecule has 31 heavy (non-hydrogen) atoms. The van der Waals surface area contributed by atoms with Gasteiger partial charge >= 0.3 is 6.03 Å². The van der Waals surface area contributed by atoms with Crippen LogP contribution >= 0.6 is 0 Å². The lowest BCUT2D eigenvalue weighted by Crippen LogP contribution is -2.52. The molecule has 1 fully saturated rings. The first-order valence-electron chi connectivity index (χ1n) is 10.3. The Morgan fingerprint density at radius 2 is 1.94 bits per heavy atom. The first-order valence-corrected chi connectivity index (χ1v) is 10.3. The molecular formula is C23H24N4O4. The van der Waals surface area contributed by atoms with Crippen LogP contribution in [0.15, 0.2) is 48.5 Å². The van der Waals surface area contributed by atoms with Gasteiger partial charge in [-0.2, -0.15) is 0 Å². The highest BCUT2D eigenvalue weighted by molar-refractivity contribution is 6.05. The standard InChI is InChI=1S/C23H24N4O4/c1-14(16-5-3-2-4-6-16)25-23(31)24-12-15-7-8-17-13-27(22(30)18(17)11-15)19-9-10-20(28)26-21(19)29/h2-8,11,14,19H,9-10,12-13H2,1H3,(H2,24,25,31)(H,26,28,29). The number of hydrogen-bond acceptors (Lipinski definition) is 4. The van der Waals surface area contributed by atoms with Crippen molar-refractivity contribution in [1.82, 2.24) is 20.9 Å². The van der Waals surface area contributed by atoms with Gasteiger partial charge in [0.15, 0.2) is 0 Å². The summed E-state index contributed by atoms with van der Waals surface area (Å²) >= 11 is 0. The summed E-state index contributed by atoms with van der Waals surface area (Å²) in [5.74, 6) is -0.962. The molecule has 0 bridgehead atoms. The molecule has 0 aliphatic carbocycles. The van der Waals surface area contributed by atoms with Crippen molar-refractivity contribution < 1.29 is 19.2 Å². The van der Waals surface area contributed by atoms with Crippen molar-refractivity contribution in [1.29, 1.82) is 0 Å². The zero-order chi connectivity index (χ0) is 22.0. The number of urea groups is 1. The van der Waals surface area contributed by atoms with E-state index in [4.69, 9.17) is 0 Å². The predicted octanol–water partition coefficient (Wildman–Crippen LogP) is 2.01. The maximum absolute atomic E-state index is 12.9. The molecule has 2 aliphatic heterocycles. The van der Waals surface area contributed by atoms with Gasteiger partial charge in [-0.3, -0.25) is 19.7 Å². The molecule has 160 valence electrons. The van der Waals surface area contributed by atoms with Gasteiger partial charge in [-0.05, 0) is 36.1 Å². The fraction of sp³-hybridized carbons (Fsp3) is 0.304. The fourth-order valence-electron chi connectivity index (χ4n) is 3.97. The number of nitrogens with zero attached hydrogens (tertiary/aromatic N) is 1. The molecule has 0 radical (unpaired) electrons. The monoisotopic (exact) mass is 420 g/mol. The molecule has 0 aromatic heterocycles. The van der Waals surface area contributed by atoms with Crippen LogP contribution in [-0.4, -0.2) is 34.7 Å². The van der Waals surface area contributed by atoms with Gasteiger partial charge in [0.05, 0.1) is 6.04 Å². The van der Waals surface area contributed by atoms with Gasteiger partial charge in [0.2, 0.25) is 11.8 Å². The van der Waals surface area contributed by atoms with E-state index in [9.17, 15) is 19.2 Å². The Morgan fingerprint density at radius 3 is 2.68 bits per heavy atom. The number of hydrogen-bond donors (Lipinski definition) is 3. The summed E-state index contributed by atoms with van der Waals surface area (Å²) in [4.78, 5) is 50.2. The van der Waals surface area contributed by atoms with Gasteiger partial charge in [0.1, 0.15) is 6.04 Å². The highest BCUT2D eigenvalue weighted by atomic mass is 16.2. The number of imide groups is 1. The molecule has 8 nitrogen and oxygen atoms in total.